The lowest BCUT2D eigenvalue weighted by Gasteiger charge is -2.30. The molecule has 0 spiro atoms. The van der Waals surface area contributed by atoms with Gasteiger partial charge in [0.2, 0.25) is 0 Å². The van der Waals surface area contributed by atoms with Gasteiger partial charge in [-0.1, -0.05) is 18.3 Å². The number of nitrogens with zero attached hydrogens (tertiary/aromatic N) is 1. The van der Waals surface area contributed by atoms with Gasteiger partial charge < -0.3 is 4.74 Å². The SMILES string of the molecule is COc1ncc(C2CC(Cl)CCC2C)s1. The van der Waals surface area contributed by atoms with Gasteiger partial charge in [0.25, 0.3) is 5.19 Å². The smallest absolute Gasteiger partial charge is 0.273 e. The Balaban J connectivity index is 2.13. The standard InChI is InChI=1S/C11H16ClNOS/c1-7-3-4-8(12)5-9(7)10-6-13-11(14-2)15-10/h6-9H,3-5H2,1-2H3. The first-order chi connectivity index (χ1) is 7.20. The monoisotopic (exact) mass is 245 g/mol. The van der Waals surface area contributed by atoms with Crippen molar-refractivity contribution in [3.63, 3.8) is 0 Å². The van der Waals surface area contributed by atoms with Crippen molar-refractivity contribution < 1.29 is 4.74 Å². The highest BCUT2D eigenvalue weighted by molar-refractivity contribution is 7.13. The molecule has 15 heavy (non-hydrogen) atoms. The molecule has 4 heteroatoms. The Labute approximate surface area is 99.6 Å². The van der Waals surface area contributed by atoms with Crippen LogP contribution in [0.15, 0.2) is 6.20 Å². The molecule has 1 aromatic heterocycles. The molecule has 0 radical (unpaired) electrons. The lowest BCUT2D eigenvalue weighted by atomic mass is 9.79. The summed E-state index contributed by atoms with van der Waals surface area (Å²) in [6.45, 7) is 2.31. The van der Waals surface area contributed by atoms with Crippen molar-refractivity contribution in [2.24, 2.45) is 5.92 Å². The summed E-state index contributed by atoms with van der Waals surface area (Å²) in [6, 6.07) is 0. The van der Waals surface area contributed by atoms with Crippen molar-refractivity contribution in [2.75, 3.05) is 7.11 Å². The van der Waals surface area contributed by atoms with E-state index in [4.69, 9.17) is 16.3 Å². The van der Waals surface area contributed by atoms with Gasteiger partial charge in [-0.2, -0.15) is 0 Å². The van der Waals surface area contributed by atoms with E-state index in [1.165, 1.54) is 11.3 Å². The first-order valence-electron chi connectivity index (χ1n) is 5.34. The summed E-state index contributed by atoms with van der Waals surface area (Å²) in [5.74, 6) is 1.29. The summed E-state index contributed by atoms with van der Waals surface area (Å²) in [5, 5.41) is 1.09. The fraction of sp³-hybridized carbons (Fsp3) is 0.727. The minimum Gasteiger partial charge on any atom is -0.473 e. The highest BCUT2D eigenvalue weighted by atomic mass is 35.5. The van der Waals surface area contributed by atoms with Crippen molar-refractivity contribution in [2.45, 2.75) is 37.5 Å². The first-order valence-corrected chi connectivity index (χ1v) is 6.59. The van der Waals surface area contributed by atoms with E-state index in [9.17, 15) is 0 Å². The summed E-state index contributed by atoms with van der Waals surface area (Å²) in [4.78, 5) is 5.55. The molecule has 2 rings (SSSR count). The Kier molecular flexibility index (Phi) is 3.52. The molecule has 0 saturated heterocycles. The highest BCUT2D eigenvalue weighted by Gasteiger charge is 2.29. The molecule has 0 aromatic carbocycles. The van der Waals surface area contributed by atoms with E-state index in [-0.39, 0.29) is 0 Å². The zero-order valence-electron chi connectivity index (χ0n) is 9.07. The molecular formula is C11H16ClNOS. The number of alkyl halides is 1. The third kappa shape index (κ3) is 2.45. The van der Waals surface area contributed by atoms with Crippen molar-refractivity contribution in [3.8, 4) is 5.19 Å². The van der Waals surface area contributed by atoms with E-state index in [0.29, 0.717) is 17.2 Å². The summed E-state index contributed by atoms with van der Waals surface area (Å²) in [5.41, 5.74) is 0. The second kappa shape index (κ2) is 4.71. The molecular weight excluding hydrogens is 230 g/mol. The highest BCUT2D eigenvalue weighted by Crippen LogP contribution is 2.42. The van der Waals surface area contributed by atoms with Crippen molar-refractivity contribution in [1.82, 2.24) is 4.98 Å². The van der Waals surface area contributed by atoms with Gasteiger partial charge in [-0.25, -0.2) is 4.98 Å². The molecule has 0 aliphatic heterocycles. The maximum Gasteiger partial charge on any atom is 0.273 e. The molecule has 1 saturated carbocycles. The van der Waals surface area contributed by atoms with Gasteiger partial charge in [-0.15, -0.1) is 11.6 Å². The average molecular weight is 246 g/mol. The number of rotatable bonds is 2. The molecule has 0 N–H and O–H groups in total. The second-order valence-corrected chi connectivity index (χ2v) is 5.87. The summed E-state index contributed by atoms with van der Waals surface area (Å²) in [7, 11) is 1.66. The molecule has 84 valence electrons. The van der Waals surface area contributed by atoms with Crippen LogP contribution in [0.2, 0.25) is 0 Å². The molecule has 1 aromatic rings. The van der Waals surface area contributed by atoms with Gasteiger partial charge in [-0.3, -0.25) is 0 Å². The van der Waals surface area contributed by atoms with E-state index in [2.05, 4.69) is 11.9 Å². The Bertz CT molecular complexity index is 328. The molecule has 0 amide bonds. The van der Waals surface area contributed by atoms with E-state index in [0.717, 1.165) is 18.0 Å². The molecule has 1 aliphatic carbocycles. The molecule has 1 aliphatic rings. The van der Waals surface area contributed by atoms with Crippen LogP contribution in [0.3, 0.4) is 0 Å². The Hall–Kier alpha value is -0.280. The summed E-state index contributed by atoms with van der Waals surface area (Å²) >= 11 is 7.87. The molecule has 2 nitrogen and oxygen atoms in total. The summed E-state index contributed by atoms with van der Waals surface area (Å²) in [6.07, 6.45) is 5.39. The Morgan fingerprint density at radius 2 is 2.33 bits per heavy atom. The number of thiazole rings is 1. The number of aromatic nitrogens is 1. The second-order valence-electron chi connectivity index (χ2n) is 4.23. The predicted octanol–water partition coefficient (Wildman–Crippen LogP) is 3.66. The lowest BCUT2D eigenvalue weighted by molar-refractivity contribution is 0.338. The lowest BCUT2D eigenvalue weighted by Crippen LogP contribution is -2.20. The van der Waals surface area contributed by atoms with Gasteiger partial charge in [0.1, 0.15) is 0 Å². The molecule has 3 unspecified atom stereocenters. The average Bonchev–Trinajstić information content (AvgIpc) is 2.70. The molecule has 1 heterocycles. The van der Waals surface area contributed by atoms with Crippen LogP contribution in [0.5, 0.6) is 5.19 Å². The van der Waals surface area contributed by atoms with Crippen LogP contribution in [0.1, 0.15) is 37.0 Å². The van der Waals surface area contributed by atoms with Crippen LogP contribution in [-0.2, 0) is 0 Å². The molecule has 1 fully saturated rings. The minimum absolute atomic E-state index is 0.333. The van der Waals surface area contributed by atoms with Crippen molar-refractivity contribution >= 4 is 22.9 Å². The van der Waals surface area contributed by atoms with E-state index >= 15 is 0 Å². The normalized spacial score (nSPS) is 31.5. The van der Waals surface area contributed by atoms with Crippen LogP contribution in [0, 0.1) is 5.92 Å². The minimum atomic E-state index is 0.333. The first kappa shape index (κ1) is 11.2. The largest absolute Gasteiger partial charge is 0.473 e. The van der Waals surface area contributed by atoms with Crippen molar-refractivity contribution in [1.29, 1.82) is 0 Å². The number of ether oxygens (including phenoxy) is 1. The zero-order chi connectivity index (χ0) is 10.8. The van der Waals surface area contributed by atoms with Crippen molar-refractivity contribution in [3.05, 3.63) is 11.1 Å². The van der Waals surface area contributed by atoms with E-state index in [1.807, 2.05) is 6.20 Å². The van der Waals surface area contributed by atoms with Gasteiger partial charge in [-0.05, 0) is 31.1 Å². The third-order valence-corrected chi connectivity index (χ3v) is 4.66. The topological polar surface area (TPSA) is 22.1 Å². The number of methoxy groups -OCH3 is 1. The van der Waals surface area contributed by atoms with Gasteiger partial charge in [0.15, 0.2) is 0 Å². The van der Waals surface area contributed by atoms with Crippen LogP contribution < -0.4 is 4.74 Å². The Morgan fingerprint density at radius 3 is 3.00 bits per heavy atom. The van der Waals surface area contributed by atoms with Gasteiger partial charge in [0, 0.05) is 16.5 Å². The van der Waals surface area contributed by atoms with Crippen LogP contribution in [0.25, 0.3) is 0 Å². The number of hydrogen-bond donors (Lipinski definition) is 0. The van der Waals surface area contributed by atoms with E-state index < -0.39 is 0 Å². The van der Waals surface area contributed by atoms with Gasteiger partial charge in [0.05, 0.1) is 7.11 Å². The zero-order valence-corrected chi connectivity index (χ0v) is 10.6. The van der Waals surface area contributed by atoms with Gasteiger partial charge >= 0.3 is 0 Å². The predicted molar refractivity (Wildman–Crippen MR) is 64.1 cm³/mol. The Morgan fingerprint density at radius 1 is 1.53 bits per heavy atom. The number of halogens is 1. The maximum absolute atomic E-state index is 6.22. The van der Waals surface area contributed by atoms with Crippen LogP contribution in [0.4, 0.5) is 0 Å². The third-order valence-electron chi connectivity index (χ3n) is 3.17. The number of hydrogen-bond acceptors (Lipinski definition) is 3. The fourth-order valence-electron chi connectivity index (χ4n) is 2.20. The summed E-state index contributed by atoms with van der Waals surface area (Å²) < 4.78 is 5.12. The molecule has 0 bridgehead atoms. The fourth-order valence-corrected chi connectivity index (χ4v) is 3.50. The van der Waals surface area contributed by atoms with Crippen LogP contribution in [-0.4, -0.2) is 17.5 Å². The molecule has 3 atom stereocenters. The quantitative estimate of drug-likeness (QED) is 0.742. The maximum atomic E-state index is 6.22. The van der Waals surface area contributed by atoms with Crippen LogP contribution >= 0.6 is 22.9 Å². The van der Waals surface area contributed by atoms with E-state index in [1.54, 1.807) is 18.4 Å².